The molecule has 0 aromatic carbocycles. The van der Waals surface area contributed by atoms with Crippen LogP contribution in [0.3, 0.4) is 0 Å². The molecule has 1 unspecified atom stereocenters. The Labute approximate surface area is 72.6 Å². The number of fused-ring (bicyclic) bond motifs is 1. The van der Waals surface area contributed by atoms with Crippen molar-refractivity contribution in [1.29, 1.82) is 0 Å². The van der Waals surface area contributed by atoms with Gasteiger partial charge in [0.1, 0.15) is 0 Å². The summed E-state index contributed by atoms with van der Waals surface area (Å²) < 4.78 is 1.94. The molecule has 0 saturated carbocycles. The van der Waals surface area contributed by atoms with E-state index in [0.717, 1.165) is 6.42 Å². The van der Waals surface area contributed by atoms with Gasteiger partial charge in [0.2, 0.25) is 0 Å². The number of hydrogen-bond acceptors (Lipinski definition) is 2. The molecule has 1 aromatic rings. The van der Waals surface area contributed by atoms with Gasteiger partial charge in [-0.3, -0.25) is 4.68 Å². The van der Waals surface area contributed by atoms with Crippen LogP contribution in [-0.4, -0.2) is 9.78 Å². The van der Waals surface area contributed by atoms with E-state index in [1.54, 1.807) is 0 Å². The van der Waals surface area contributed by atoms with E-state index in [2.05, 4.69) is 5.10 Å². The molecule has 0 bridgehead atoms. The molecule has 1 aliphatic carbocycles. The van der Waals surface area contributed by atoms with Crippen LogP contribution in [0.25, 0.3) is 0 Å². The van der Waals surface area contributed by atoms with Gasteiger partial charge in [0.25, 0.3) is 0 Å². The molecule has 0 fully saturated rings. The Balaban J connectivity index is 2.52. The van der Waals surface area contributed by atoms with Gasteiger partial charge in [-0.05, 0) is 31.7 Å². The second-order valence-electron chi connectivity index (χ2n) is 3.58. The minimum atomic E-state index is 0.115. The lowest BCUT2D eigenvalue weighted by atomic mass is 10.1. The molecule has 12 heavy (non-hydrogen) atoms. The van der Waals surface area contributed by atoms with Gasteiger partial charge in [-0.1, -0.05) is 0 Å². The Morgan fingerprint density at radius 2 is 2.25 bits per heavy atom. The van der Waals surface area contributed by atoms with E-state index in [9.17, 15) is 0 Å². The second kappa shape index (κ2) is 2.59. The number of nitrogens with zero attached hydrogens (tertiary/aromatic N) is 2. The van der Waals surface area contributed by atoms with E-state index < -0.39 is 0 Å². The second-order valence-corrected chi connectivity index (χ2v) is 3.58. The molecule has 0 radical (unpaired) electrons. The molecule has 0 amide bonds. The third-order valence-corrected chi connectivity index (χ3v) is 2.55. The van der Waals surface area contributed by atoms with E-state index in [1.807, 2.05) is 18.7 Å². The van der Waals surface area contributed by atoms with Gasteiger partial charge in [-0.2, -0.15) is 5.10 Å². The van der Waals surface area contributed by atoms with Crippen LogP contribution in [0.1, 0.15) is 36.3 Å². The average molecular weight is 165 g/mol. The Bertz CT molecular complexity index is 299. The van der Waals surface area contributed by atoms with Gasteiger partial charge in [0, 0.05) is 13.1 Å². The summed E-state index contributed by atoms with van der Waals surface area (Å²) in [6.45, 7) is 2.02. The predicted molar refractivity (Wildman–Crippen MR) is 47.8 cm³/mol. The number of aryl methyl sites for hydroxylation is 2. The molecule has 0 spiro atoms. The van der Waals surface area contributed by atoms with Crippen molar-refractivity contribution in [3.05, 3.63) is 17.0 Å². The van der Waals surface area contributed by atoms with Crippen LogP contribution in [0.5, 0.6) is 0 Å². The molecule has 0 saturated heterocycles. The lowest BCUT2D eigenvalue weighted by Gasteiger charge is -2.07. The maximum Gasteiger partial charge on any atom is 0.0660 e. The number of hydrogen-bond donors (Lipinski definition) is 1. The van der Waals surface area contributed by atoms with Gasteiger partial charge < -0.3 is 5.73 Å². The molecule has 3 heteroatoms. The summed E-state index contributed by atoms with van der Waals surface area (Å²) in [5.41, 5.74) is 9.77. The first-order valence-electron chi connectivity index (χ1n) is 4.50. The number of nitrogens with two attached hydrogens (primary N) is 1. The standard InChI is InChI=1S/C9H15N3/c1-6(10)9-7-4-3-5-8(7)11-12(9)2/h6H,3-5,10H2,1-2H3. The molecule has 1 atom stereocenters. The van der Waals surface area contributed by atoms with Crippen LogP contribution in [0, 0.1) is 0 Å². The zero-order valence-electron chi connectivity index (χ0n) is 7.67. The third-order valence-electron chi connectivity index (χ3n) is 2.55. The normalized spacial score (nSPS) is 17.9. The lowest BCUT2D eigenvalue weighted by Crippen LogP contribution is -2.12. The SMILES string of the molecule is CC(N)c1c2c(nn1C)CCC2. The van der Waals surface area contributed by atoms with Crippen molar-refractivity contribution < 1.29 is 0 Å². The zero-order chi connectivity index (χ0) is 8.72. The van der Waals surface area contributed by atoms with Crippen molar-refractivity contribution >= 4 is 0 Å². The van der Waals surface area contributed by atoms with Gasteiger partial charge >= 0.3 is 0 Å². The van der Waals surface area contributed by atoms with Gasteiger partial charge in [-0.15, -0.1) is 0 Å². The summed E-state index contributed by atoms with van der Waals surface area (Å²) >= 11 is 0. The average Bonchev–Trinajstić information content (AvgIpc) is 2.44. The molecule has 1 aromatic heterocycles. The minimum absolute atomic E-state index is 0.115. The quantitative estimate of drug-likeness (QED) is 0.672. The van der Waals surface area contributed by atoms with E-state index in [1.165, 1.54) is 29.8 Å². The molecular formula is C9H15N3. The van der Waals surface area contributed by atoms with Crippen LogP contribution in [-0.2, 0) is 19.9 Å². The topological polar surface area (TPSA) is 43.8 Å². The van der Waals surface area contributed by atoms with Crippen molar-refractivity contribution in [3.63, 3.8) is 0 Å². The summed E-state index contributed by atoms with van der Waals surface area (Å²) in [7, 11) is 1.98. The van der Waals surface area contributed by atoms with Crippen molar-refractivity contribution in [2.75, 3.05) is 0 Å². The molecule has 1 aliphatic rings. The maximum absolute atomic E-state index is 5.87. The van der Waals surface area contributed by atoms with Crippen molar-refractivity contribution in [2.45, 2.75) is 32.2 Å². The molecule has 2 N–H and O–H groups in total. The molecule has 0 aliphatic heterocycles. The van der Waals surface area contributed by atoms with Crippen molar-refractivity contribution in [1.82, 2.24) is 9.78 Å². The predicted octanol–water partition coefficient (Wildman–Crippen LogP) is 0.928. The van der Waals surface area contributed by atoms with E-state index >= 15 is 0 Å². The molecule has 66 valence electrons. The van der Waals surface area contributed by atoms with Gasteiger partial charge in [0.05, 0.1) is 11.4 Å². The van der Waals surface area contributed by atoms with Crippen LogP contribution < -0.4 is 5.73 Å². The molecule has 3 nitrogen and oxygen atoms in total. The Kier molecular flexibility index (Phi) is 1.68. The first-order chi connectivity index (χ1) is 5.70. The Morgan fingerprint density at radius 3 is 2.92 bits per heavy atom. The Morgan fingerprint density at radius 1 is 1.50 bits per heavy atom. The van der Waals surface area contributed by atoms with Crippen LogP contribution in [0.15, 0.2) is 0 Å². The number of aromatic nitrogens is 2. The highest BCUT2D eigenvalue weighted by molar-refractivity contribution is 5.32. The van der Waals surface area contributed by atoms with E-state index in [0.29, 0.717) is 0 Å². The van der Waals surface area contributed by atoms with E-state index in [4.69, 9.17) is 5.73 Å². The smallest absolute Gasteiger partial charge is 0.0660 e. The summed E-state index contributed by atoms with van der Waals surface area (Å²) in [4.78, 5) is 0. The molecule has 1 heterocycles. The highest BCUT2D eigenvalue weighted by Crippen LogP contribution is 2.27. The first-order valence-corrected chi connectivity index (χ1v) is 4.50. The summed E-state index contributed by atoms with van der Waals surface area (Å²) in [5.74, 6) is 0. The highest BCUT2D eigenvalue weighted by Gasteiger charge is 2.22. The summed E-state index contributed by atoms with van der Waals surface area (Å²) in [6.07, 6.45) is 3.55. The van der Waals surface area contributed by atoms with Crippen LogP contribution in [0.2, 0.25) is 0 Å². The summed E-state index contributed by atoms with van der Waals surface area (Å²) in [5, 5.41) is 4.45. The maximum atomic E-state index is 5.87. The fourth-order valence-electron chi connectivity index (χ4n) is 2.11. The highest BCUT2D eigenvalue weighted by atomic mass is 15.3. The lowest BCUT2D eigenvalue weighted by molar-refractivity contribution is 0.634. The molecular weight excluding hydrogens is 150 g/mol. The van der Waals surface area contributed by atoms with Crippen LogP contribution in [0.4, 0.5) is 0 Å². The van der Waals surface area contributed by atoms with Gasteiger partial charge in [-0.25, -0.2) is 0 Å². The van der Waals surface area contributed by atoms with Gasteiger partial charge in [0.15, 0.2) is 0 Å². The minimum Gasteiger partial charge on any atom is -0.323 e. The van der Waals surface area contributed by atoms with Crippen molar-refractivity contribution in [3.8, 4) is 0 Å². The fraction of sp³-hybridized carbons (Fsp3) is 0.667. The summed E-state index contributed by atoms with van der Waals surface area (Å²) in [6, 6.07) is 0.115. The Hall–Kier alpha value is -0.830. The fourth-order valence-corrected chi connectivity index (χ4v) is 2.11. The monoisotopic (exact) mass is 165 g/mol. The third kappa shape index (κ3) is 0.966. The zero-order valence-corrected chi connectivity index (χ0v) is 7.67. The molecule has 2 rings (SSSR count). The number of rotatable bonds is 1. The largest absolute Gasteiger partial charge is 0.323 e. The first kappa shape index (κ1) is 7.80. The van der Waals surface area contributed by atoms with Crippen LogP contribution >= 0.6 is 0 Å². The van der Waals surface area contributed by atoms with Crippen molar-refractivity contribution in [2.24, 2.45) is 12.8 Å². The van der Waals surface area contributed by atoms with E-state index in [-0.39, 0.29) is 6.04 Å².